The molecule has 0 spiro atoms. The monoisotopic (exact) mass is 445 g/mol. The largest absolute Gasteiger partial charge is 0.450 e. The highest BCUT2D eigenvalue weighted by Gasteiger charge is 2.23. The van der Waals surface area contributed by atoms with Crippen molar-refractivity contribution >= 4 is 60.7 Å². The number of nitrogens with zero attached hydrogens (tertiary/aromatic N) is 2. The molecule has 30 heavy (non-hydrogen) atoms. The molecule has 0 aliphatic carbocycles. The molecule has 1 atom stereocenters. The molecule has 0 aliphatic rings. The SMILES string of the molecule is CC(C)C(=O)Nc1ccc(C(=O)C(C)OC(=O)c2cc3sc(N(C)C)nc3s2)cc1. The van der Waals surface area contributed by atoms with Crippen LogP contribution in [0, 0.1) is 5.92 Å². The summed E-state index contributed by atoms with van der Waals surface area (Å²) >= 11 is 2.74. The number of ketones is 1. The third-order valence-electron chi connectivity index (χ3n) is 4.28. The summed E-state index contributed by atoms with van der Waals surface area (Å²) in [5.41, 5.74) is 1.01. The van der Waals surface area contributed by atoms with Crippen LogP contribution in [-0.2, 0) is 9.53 Å². The fourth-order valence-electron chi connectivity index (χ4n) is 2.53. The summed E-state index contributed by atoms with van der Waals surface area (Å²) in [5, 5.41) is 3.64. The first kappa shape index (κ1) is 21.9. The summed E-state index contributed by atoms with van der Waals surface area (Å²) in [6.07, 6.45) is -0.931. The van der Waals surface area contributed by atoms with Crippen molar-refractivity contribution in [2.24, 2.45) is 5.92 Å². The second-order valence-electron chi connectivity index (χ2n) is 7.30. The summed E-state index contributed by atoms with van der Waals surface area (Å²) in [4.78, 5) is 44.4. The highest BCUT2D eigenvalue weighted by atomic mass is 32.1. The fraction of sp³-hybridized carbons (Fsp3) is 0.333. The van der Waals surface area contributed by atoms with Gasteiger partial charge in [0.25, 0.3) is 0 Å². The number of Topliss-reactive ketones (excluding diaryl/α,β-unsaturated/α-hetero) is 1. The minimum absolute atomic E-state index is 0.0978. The summed E-state index contributed by atoms with van der Waals surface area (Å²) in [5.74, 6) is -1.09. The second-order valence-corrected chi connectivity index (χ2v) is 9.34. The van der Waals surface area contributed by atoms with E-state index in [1.165, 1.54) is 22.7 Å². The van der Waals surface area contributed by atoms with Crippen molar-refractivity contribution in [3.63, 3.8) is 0 Å². The Bertz CT molecular complexity index is 1050. The van der Waals surface area contributed by atoms with Crippen molar-refractivity contribution in [3.8, 4) is 0 Å². The lowest BCUT2D eigenvalue weighted by molar-refractivity contribution is -0.118. The maximum atomic E-state index is 12.6. The van der Waals surface area contributed by atoms with Gasteiger partial charge in [-0.15, -0.1) is 11.3 Å². The van der Waals surface area contributed by atoms with Gasteiger partial charge in [-0.05, 0) is 37.3 Å². The molecule has 3 rings (SSSR count). The van der Waals surface area contributed by atoms with Crippen LogP contribution < -0.4 is 10.2 Å². The number of rotatable bonds is 7. The Morgan fingerprint density at radius 3 is 2.30 bits per heavy atom. The molecular weight excluding hydrogens is 422 g/mol. The molecule has 0 saturated heterocycles. The van der Waals surface area contributed by atoms with E-state index in [-0.39, 0.29) is 17.6 Å². The molecule has 7 nitrogen and oxygen atoms in total. The van der Waals surface area contributed by atoms with Crippen molar-refractivity contribution in [2.75, 3.05) is 24.3 Å². The van der Waals surface area contributed by atoms with Crippen LogP contribution in [0.1, 0.15) is 40.8 Å². The van der Waals surface area contributed by atoms with Crippen LogP contribution in [0.5, 0.6) is 0 Å². The molecule has 2 heterocycles. The number of anilines is 2. The standard InChI is InChI=1S/C21H23N3O4S2/c1-11(2)18(26)22-14-8-6-13(7-9-14)17(25)12(3)28-20(27)16-10-15-19(29-16)23-21(30-15)24(4)5/h6-12H,1-5H3,(H,22,26). The van der Waals surface area contributed by atoms with Gasteiger partial charge < -0.3 is 15.0 Å². The van der Waals surface area contributed by atoms with E-state index in [1.807, 2.05) is 19.0 Å². The highest BCUT2D eigenvalue weighted by Crippen LogP contribution is 2.34. The lowest BCUT2D eigenvalue weighted by atomic mass is 10.1. The maximum absolute atomic E-state index is 12.6. The zero-order valence-corrected chi connectivity index (χ0v) is 19.0. The first-order chi connectivity index (χ1) is 14.2. The summed E-state index contributed by atoms with van der Waals surface area (Å²) < 4.78 is 6.28. The molecule has 2 aromatic heterocycles. The smallest absolute Gasteiger partial charge is 0.349 e. The Kier molecular flexibility index (Phi) is 6.52. The van der Waals surface area contributed by atoms with Gasteiger partial charge in [0.1, 0.15) is 9.71 Å². The van der Waals surface area contributed by atoms with Crippen molar-refractivity contribution in [1.82, 2.24) is 4.98 Å². The average molecular weight is 446 g/mol. The first-order valence-corrected chi connectivity index (χ1v) is 11.0. The lowest BCUT2D eigenvalue weighted by Crippen LogP contribution is -2.24. The number of aromatic nitrogens is 1. The van der Waals surface area contributed by atoms with Crippen molar-refractivity contribution in [3.05, 3.63) is 40.8 Å². The van der Waals surface area contributed by atoms with Crippen LogP contribution in [0.2, 0.25) is 0 Å². The highest BCUT2D eigenvalue weighted by molar-refractivity contribution is 7.29. The zero-order valence-electron chi connectivity index (χ0n) is 17.4. The fourth-order valence-corrected chi connectivity index (χ4v) is 4.54. The predicted octanol–water partition coefficient (Wildman–Crippen LogP) is 4.45. The van der Waals surface area contributed by atoms with E-state index in [4.69, 9.17) is 4.74 Å². The quantitative estimate of drug-likeness (QED) is 0.427. The van der Waals surface area contributed by atoms with E-state index in [9.17, 15) is 14.4 Å². The van der Waals surface area contributed by atoms with Gasteiger partial charge in [0.2, 0.25) is 11.7 Å². The van der Waals surface area contributed by atoms with E-state index in [2.05, 4.69) is 10.3 Å². The summed E-state index contributed by atoms with van der Waals surface area (Å²) in [6.45, 7) is 5.16. The number of esters is 1. The minimum atomic E-state index is -0.931. The van der Waals surface area contributed by atoms with Crippen LogP contribution in [0.3, 0.4) is 0 Å². The molecular formula is C21H23N3O4S2. The van der Waals surface area contributed by atoms with Crippen molar-refractivity contribution in [1.29, 1.82) is 0 Å². The number of hydrogen-bond acceptors (Lipinski definition) is 8. The first-order valence-electron chi connectivity index (χ1n) is 9.39. The summed E-state index contributed by atoms with van der Waals surface area (Å²) in [6, 6.07) is 8.27. The number of carbonyl (C=O) groups excluding carboxylic acids is 3. The van der Waals surface area contributed by atoms with Crippen LogP contribution in [-0.4, -0.2) is 42.8 Å². The van der Waals surface area contributed by atoms with Crippen LogP contribution in [0.4, 0.5) is 10.8 Å². The molecule has 1 aromatic carbocycles. The van der Waals surface area contributed by atoms with Crippen molar-refractivity contribution in [2.45, 2.75) is 26.9 Å². The number of ether oxygens (including phenoxy) is 1. The van der Waals surface area contributed by atoms with Gasteiger partial charge in [-0.1, -0.05) is 25.2 Å². The molecule has 3 aromatic rings. The van der Waals surface area contributed by atoms with Gasteiger partial charge in [0.05, 0.1) is 4.70 Å². The summed E-state index contributed by atoms with van der Waals surface area (Å²) in [7, 11) is 3.82. The van der Waals surface area contributed by atoms with Gasteiger partial charge in [-0.3, -0.25) is 9.59 Å². The number of thiazole rings is 1. The number of amides is 1. The van der Waals surface area contributed by atoms with Gasteiger partial charge in [-0.2, -0.15) is 0 Å². The van der Waals surface area contributed by atoms with Crippen molar-refractivity contribution < 1.29 is 19.1 Å². The normalized spacial score (nSPS) is 12.1. The molecule has 1 unspecified atom stereocenters. The Hall–Kier alpha value is -2.78. The molecule has 9 heteroatoms. The number of carbonyl (C=O) groups is 3. The van der Waals surface area contributed by atoms with E-state index >= 15 is 0 Å². The van der Waals surface area contributed by atoms with E-state index in [0.29, 0.717) is 16.1 Å². The van der Waals surface area contributed by atoms with Crippen LogP contribution in [0.15, 0.2) is 30.3 Å². The Morgan fingerprint density at radius 1 is 1.07 bits per heavy atom. The topological polar surface area (TPSA) is 88.6 Å². The molecule has 0 bridgehead atoms. The van der Waals surface area contributed by atoms with Gasteiger partial charge in [0.15, 0.2) is 11.2 Å². The molecule has 0 saturated carbocycles. The Labute approximate surface area is 182 Å². The Morgan fingerprint density at radius 2 is 1.73 bits per heavy atom. The lowest BCUT2D eigenvalue weighted by Gasteiger charge is -2.12. The number of hydrogen-bond donors (Lipinski definition) is 1. The van der Waals surface area contributed by atoms with Gasteiger partial charge in [-0.25, -0.2) is 9.78 Å². The van der Waals surface area contributed by atoms with E-state index in [1.54, 1.807) is 51.1 Å². The molecule has 1 amide bonds. The number of nitrogens with one attached hydrogen (secondary N) is 1. The van der Waals surface area contributed by atoms with Crippen LogP contribution >= 0.6 is 22.7 Å². The van der Waals surface area contributed by atoms with E-state index < -0.39 is 12.1 Å². The van der Waals surface area contributed by atoms with Crippen LogP contribution in [0.25, 0.3) is 9.53 Å². The van der Waals surface area contributed by atoms with E-state index in [0.717, 1.165) is 14.7 Å². The molecule has 158 valence electrons. The number of fused-ring (bicyclic) bond motifs is 1. The molecule has 1 N–H and O–H groups in total. The average Bonchev–Trinajstić information content (AvgIpc) is 3.27. The van der Waals surface area contributed by atoms with Gasteiger partial charge >= 0.3 is 5.97 Å². The number of thiophene rings is 1. The third-order valence-corrected chi connectivity index (χ3v) is 6.58. The third kappa shape index (κ3) is 4.85. The minimum Gasteiger partial charge on any atom is -0.450 e. The second kappa shape index (κ2) is 8.93. The predicted molar refractivity (Wildman–Crippen MR) is 121 cm³/mol. The number of benzene rings is 1. The Balaban J connectivity index is 1.64. The molecule has 0 aliphatic heterocycles. The molecule has 0 radical (unpaired) electrons. The molecule has 0 fully saturated rings. The zero-order chi connectivity index (χ0) is 22.0. The maximum Gasteiger partial charge on any atom is 0.349 e. The van der Waals surface area contributed by atoms with Gasteiger partial charge in [0, 0.05) is 31.3 Å².